The van der Waals surface area contributed by atoms with Crippen molar-refractivity contribution in [1.82, 2.24) is 0 Å². The van der Waals surface area contributed by atoms with Gasteiger partial charge in [-0.25, -0.2) is 0 Å². The summed E-state index contributed by atoms with van der Waals surface area (Å²) in [5.41, 5.74) is 6.47. The standard InChI is InChI=1S/C15H18N.C2H6Ge.2ClH.Zr/c1-10-11(2)13(4)15(12(10)3)16-14-8-6-5-7-9-14;1-3-2;;;/h5-9,12H,1-4H3;1-2H3;2*1H;/q-1;;;;. The Labute approximate surface area is 164 Å². The van der Waals surface area contributed by atoms with Gasteiger partial charge in [-0.15, -0.1) is 36.2 Å². The minimum absolute atomic E-state index is 0. The van der Waals surface area contributed by atoms with Crippen LogP contribution in [0.2, 0.25) is 11.5 Å². The molecule has 0 spiro atoms. The van der Waals surface area contributed by atoms with Crippen LogP contribution in [-0.4, -0.2) is 9.98 Å². The van der Waals surface area contributed by atoms with Gasteiger partial charge >= 0.3 is 43.1 Å². The maximum atomic E-state index is 4.76. The third-order valence-electron chi connectivity index (χ3n) is 3.60. The molecule has 0 radical (unpaired) electrons. The molecule has 0 saturated carbocycles. The van der Waals surface area contributed by atoms with E-state index in [2.05, 4.69) is 51.3 Å². The summed E-state index contributed by atoms with van der Waals surface area (Å²) in [5, 5.41) is 4.76. The molecule has 0 N–H and O–H groups in total. The first-order valence-corrected chi connectivity index (χ1v) is 18.6. The summed E-state index contributed by atoms with van der Waals surface area (Å²) < 4.78 is 0. The number of hydrogen-bond donors (Lipinski definition) is 0. The fourth-order valence-electron chi connectivity index (χ4n) is 2.16. The summed E-state index contributed by atoms with van der Waals surface area (Å²) in [6.45, 7) is 8.80. The topological polar surface area (TPSA) is 14.1 Å². The Balaban J connectivity index is 0. The molecule has 5 heteroatoms. The molecule has 0 saturated heterocycles. The van der Waals surface area contributed by atoms with Gasteiger partial charge in [-0.2, -0.15) is 0 Å². The summed E-state index contributed by atoms with van der Waals surface area (Å²) >= 11 is 1.80. The minimum atomic E-state index is -0.243. The van der Waals surface area contributed by atoms with E-state index in [0.29, 0.717) is 5.92 Å². The van der Waals surface area contributed by atoms with E-state index < -0.39 is 0 Å². The Morgan fingerprint density at radius 2 is 1.41 bits per heavy atom. The molecule has 0 amide bonds. The summed E-state index contributed by atoms with van der Waals surface area (Å²) in [4.78, 5) is 0. The van der Waals surface area contributed by atoms with Crippen molar-refractivity contribution in [2.24, 2.45) is 5.92 Å². The zero-order valence-corrected chi connectivity index (χ0v) is 20.4. The third kappa shape index (κ3) is 7.38. The average molecular weight is 479 g/mol. The Hall–Kier alpha value is 0.506. The maximum absolute atomic E-state index is 4.76. The van der Waals surface area contributed by atoms with Gasteiger partial charge in [-0.1, -0.05) is 54.0 Å². The molecule has 1 aromatic carbocycles. The molecular weight excluding hydrogens is 453 g/mol. The molecule has 0 aromatic heterocycles. The second-order valence-corrected chi connectivity index (χ2v) is 22.5. The zero-order chi connectivity index (χ0) is 15.3. The summed E-state index contributed by atoms with van der Waals surface area (Å²) in [7, 11) is -0.243. The predicted molar refractivity (Wildman–Crippen MR) is 102 cm³/mol. The van der Waals surface area contributed by atoms with Crippen LogP contribution in [0.1, 0.15) is 27.7 Å². The van der Waals surface area contributed by atoms with Crippen LogP contribution < -0.4 is 0 Å². The fourth-order valence-corrected chi connectivity index (χ4v) is 2.16. The van der Waals surface area contributed by atoms with E-state index in [-0.39, 0.29) is 34.8 Å². The first-order valence-electron chi connectivity index (χ1n) is 7.01. The summed E-state index contributed by atoms with van der Waals surface area (Å²) in [6.07, 6.45) is 0. The van der Waals surface area contributed by atoms with Gasteiger partial charge in [0.1, 0.15) is 0 Å². The third-order valence-corrected chi connectivity index (χ3v) is 3.60. The monoisotopic (exact) mass is 478 g/mol. The van der Waals surface area contributed by atoms with E-state index in [1.54, 1.807) is 21.6 Å². The normalized spacial score (nSPS) is 16.1. The van der Waals surface area contributed by atoms with Crippen molar-refractivity contribution in [2.75, 3.05) is 0 Å². The zero-order valence-electron chi connectivity index (χ0n) is 14.2. The van der Waals surface area contributed by atoms with Crippen LogP contribution in [-0.2, 0) is 21.6 Å². The van der Waals surface area contributed by atoms with Crippen molar-refractivity contribution < 1.29 is 21.6 Å². The van der Waals surface area contributed by atoms with Crippen LogP contribution in [0.3, 0.4) is 0 Å². The van der Waals surface area contributed by atoms with Crippen LogP contribution in [0.15, 0.2) is 52.7 Å². The van der Waals surface area contributed by atoms with E-state index in [0.717, 1.165) is 5.69 Å². The van der Waals surface area contributed by atoms with Crippen molar-refractivity contribution >= 4 is 40.5 Å². The molecule has 0 bridgehead atoms. The number of para-hydroxylation sites is 1. The van der Waals surface area contributed by atoms with Crippen molar-refractivity contribution in [3.63, 3.8) is 0 Å². The Morgan fingerprint density at radius 3 is 1.77 bits per heavy atom. The molecule has 2 rings (SSSR count). The first kappa shape index (κ1) is 24.8. The van der Waals surface area contributed by atoms with Gasteiger partial charge < -0.3 is 5.32 Å². The molecule has 22 heavy (non-hydrogen) atoms. The second-order valence-electron chi connectivity index (χ2n) is 5.49. The molecule has 1 nitrogen and oxygen atoms in total. The Bertz CT molecular complexity index is 549. The second kappa shape index (κ2) is 12.0. The van der Waals surface area contributed by atoms with Crippen molar-refractivity contribution in [2.45, 2.75) is 39.2 Å². The molecule has 0 heterocycles. The van der Waals surface area contributed by atoms with Crippen molar-refractivity contribution in [3.8, 4) is 0 Å². The summed E-state index contributed by atoms with van der Waals surface area (Å²) in [5.74, 6) is 5.21. The van der Waals surface area contributed by atoms with Gasteiger partial charge in [0.15, 0.2) is 0 Å². The Morgan fingerprint density at radius 1 is 0.955 bits per heavy atom. The molecule has 1 atom stereocenters. The number of benzene rings is 1. The van der Waals surface area contributed by atoms with Gasteiger partial charge in [-0.3, -0.25) is 0 Å². The number of allylic oxidation sites excluding steroid dienone is 3. The fraction of sp³-hybridized carbons (Fsp3) is 0.412. The van der Waals surface area contributed by atoms with Crippen LogP contribution in [0.5, 0.6) is 0 Å². The van der Waals surface area contributed by atoms with E-state index in [4.69, 9.17) is 5.32 Å². The van der Waals surface area contributed by atoms with Crippen molar-refractivity contribution in [1.29, 1.82) is 0 Å². The quantitative estimate of drug-likeness (QED) is 0.426. The molecule has 122 valence electrons. The van der Waals surface area contributed by atoms with Gasteiger partial charge in [0.25, 0.3) is 0 Å². The first-order chi connectivity index (χ1) is 9.34. The molecule has 1 unspecified atom stereocenters. The molecule has 1 aromatic rings. The van der Waals surface area contributed by atoms with E-state index in [1.165, 1.54) is 22.4 Å². The predicted octanol–water partition coefficient (Wildman–Crippen LogP) is 6.58. The molecule has 1 aliphatic rings. The van der Waals surface area contributed by atoms with Gasteiger partial charge in [0.2, 0.25) is 0 Å². The van der Waals surface area contributed by atoms with E-state index in [1.807, 2.05) is 18.2 Å². The number of halogens is 2. The van der Waals surface area contributed by atoms with Gasteiger partial charge in [-0.05, 0) is 26.7 Å². The molecular formula is C17H26Cl2GeNZr-. The van der Waals surface area contributed by atoms with E-state index >= 15 is 0 Å². The van der Waals surface area contributed by atoms with Crippen LogP contribution >= 0.6 is 24.8 Å². The number of hydrogen-bond acceptors (Lipinski definition) is 0. The number of rotatable bonds is 2. The molecule has 0 fully saturated rings. The average Bonchev–Trinajstić information content (AvgIpc) is 2.57. The number of nitrogens with zero attached hydrogens (tertiary/aromatic N) is 1. The van der Waals surface area contributed by atoms with Crippen LogP contribution in [0, 0.1) is 5.92 Å². The molecule has 0 aliphatic heterocycles. The van der Waals surface area contributed by atoms with E-state index in [9.17, 15) is 0 Å². The van der Waals surface area contributed by atoms with Crippen LogP contribution in [0.25, 0.3) is 5.32 Å². The SMILES string of the molecule is CC1=C(C)C(C)C([N-]c2ccccc2)=C1C.Cl.Cl.[CH3][Ge]([CH3])=[Zr]. The molecule has 1 aliphatic carbocycles. The summed E-state index contributed by atoms with van der Waals surface area (Å²) in [6, 6.07) is 10.2. The van der Waals surface area contributed by atoms with Gasteiger partial charge in [0, 0.05) is 0 Å². The van der Waals surface area contributed by atoms with Crippen LogP contribution in [0.4, 0.5) is 5.69 Å². The Kier molecular flexibility index (Phi) is 13.4. The van der Waals surface area contributed by atoms with Crippen molar-refractivity contribution in [3.05, 3.63) is 58.1 Å². The van der Waals surface area contributed by atoms with Gasteiger partial charge in [0.05, 0.1) is 0 Å².